The van der Waals surface area contributed by atoms with Crippen LogP contribution in [0.25, 0.3) is 0 Å². The quantitative estimate of drug-likeness (QED) is 0.732. The fraction of sp³-hybridized carbons (Fsp3) is 0.462. The van der Waals surface area contributed by atoms with Gasteiger partial charge < -0.3 is 4.74 Å². The predicted molar refractivity (Wildman–Crippen MR) is 63.8 cm³/mol. The molecular weight excluding hydrogens is 224 g/mol. The van der Waals surface area contributed by atoms with Gasteiger partial charge in [0.1, 0.15) is 6.10 Å². The molecule has 0 heterocycles. The molecule has 2 rings (SSSR count). The Bertz CT molecular complexity index is 408. The summed E-state index contributed by atoms with van der Waals surface area (Å²) in [5.41, 5.74) is 1.71. The Labute approximate surface area is 101 Å². The van der Waals surface area contributed by atoms with Crippen molar-refractivity contribution < 1.29 is 9.53 Å². The summed E-state index contributed by atoms with van der Waals surface area (Å²) in [7, 11) is 0. The van der Waals surface area contributed by atoms with E-state index >= 15 is 0 Å². The third-order valence-corrected chi connectivity index (χ3v) is 3.47. The Morgan fingerprint density at radius 3 is 2.38 bits per heavy atom. The topological polar surface area (TPSA) is 26.3 Å². The maximum Gasteiger partial charge on any atom is 0.404 e. The number of ether oxygens (including phenoxy) is 1. The van der Waals surface area contributed by atoms with Crippen molar-refractivity contribution in [2.24, 2.45) is 5.41 Å². The van der Waals surface area contributed by atoms with E-state index in [1.165, 1.54) is 11.1 Å². The lowest BCUT2D eigenvalue weighted by atomic mass is 10.0. The zero-order valence-electron chi connectivity index (χ0n) is 9.66. The Hall–Kier alpha value is -1.02. The van der Waals surface area contributed by atoms with Gasteiger partial charge in [0.05, 0.1) is 0 Å². The Morgan fingerprint density at radius 2 is 1.88 bits per heavy atom. The number of halogens is 1. The van der Waals surface area contributed by atoms with Crippen molar-refractivity contribution in [3.8, 4) is 0 Å². The van der Waals surface area contributed by atoms with Gasteiger partial charge in [-0.25, -0.2) is 4.79 Å². The monoisotopic (exact) mass is 238 g/mol. The second-order valence-corrected chi connectivity index (χ2v) is 5.29. The van der Waals surface area contributed by atoms with Crippen LogP contribution in [0.4, 0.5) is 4.79 Å². The highest BCUT2D eigenvalue weighted by Crippen LogP contribution is 2.60. The first-order chi connectivity index (χ1) is 7.43. The zero-order valence-corrected chi connectivity index (χ0v) is 10.4. The van der Waals surface area contributed by atoms with Gasteiger partial charge in [0, 0.05) is 22.9 Å². The second-order valence-electron chi connectivity index (χ2n) is 4.99. The first-order valence-electron chi connectivity index (χ1n) is 5.35. The molecule has 1 aliphatic carbocycles. The standard InChI is InChI=1S/C13H15ClO2/c1-8-4-6-9(7-5-8)10-11(13(10,2)3)16-12(14)15/h4-7,10-11H,1-3H3. The van der Waals surface area contributed by atoms with E-state index in [0.29, 0.717) is 0 Å². The molecule has 1 fully saturated rings. The smallest absolute Gasteiger partial charge is 0.404 e. The summed E-state index contributed by atoms with van der Waals surface area (Å²) in [5, 5.41) is 0. The molecule has 16 heavy (non-hydrogen) atoms. The lowest BCUT2D eigenvalue weighted by molar-refractivity contribution is 0.150. The summed E-state index contributed by atoms with van der Waals surface area (Å²) in [5.74, 6) is 0.260. The molecule has 2 nitrogen and oxygen atoms in total. The fourth-order valence-corrected chi connectivity index (χ4v) is 2.38. The maximum atomic E-state index is 10.8. The largest absolute Gasteiger partial charge is 0.449 e. The summed E-state index contributed by atoms with van der Waals surface area (Å²) in [6.45, 7) is 6.22. The summed E-state index contributed by atoms with van der Waals surface area (Å²) < 4.78 is 5.10. The molecule has 0 aromatic heterocycles. The van der Waals surface area contributed by atoms with Crippen molar-refractivity contribution in [2.45, 2.75) is 32.8 Å². The van der Waals surface area contributed by atoms with E-state index in [9.17, 15) is 4.79 Å². The Morgan fingerprint density at radius 1 is 1.31 bits per heavy atom. The minimum absolute atomic E-state index is 0.0141. The first kappa shape index (κ1) is 11.5. The van der Waals surface area contributed by atoms with Crippen LogP contribution >= 0.6 is 11.6 Å². The molecule has 0 saturated heterocycles. The van der Waals surface area contributed by atoms with E-state index in [1.807, 2.05) is 0 Å². The van der Waals surface area contributed by atoms with Crippen molar-refractivity contribution in [3.63, 3.8) is 0 Å². The average molecular weight is 239 g/mol. The molecule has 3 heteroatoms. The van der Waals surface area contributed by atoms with E-state index in [2.05, 4.69) is 45.0 Å². The van der Waals surface area contributed by atoms with E-state index in [-0.39, 0.29) is 17.4 Å². The fourth-order valence-electron chi connectivity index (χ4n) is 2.29. The van der Waals surface area contributed by atoms with Crippen LogP contribution in [0, 0.1) is 12.3 Å². The van der Waals surface area contributed by atoms with Crippen LogP contribution in [-0.2, 0) is 4.74 Å². The molecule has 0 aliphatic heterocycles. The molecule has 0 amide bonds. The van der Waals surface area contributed by atoms with Gasteiger partial charge in [-0.3, -0.25) is 0 Å². The third kappa shape index (κ3) is 1.94. The van der Waals surface area contributed by atoms with Gasteiger partial charge in [-0.1, -0.05) is 43.7 Å². The van der Waals surface area contributed by atoms with Crippen LogP contribution in [-0.4, -0.2) is 11.5 Å². The summed E-state index contributed by atoms with van der Waals surface area (Å²) >= 11 is 5.26. The van der Waals surface area contributed by atoms with Crippen molar-refractivity contribution >= 4 is 17.0 Å². The van der Waals surface area contributed by atoms with Crippen LogP contribution in [0.2, 0.25) is 0 Å². The van der Waals surface area contributed by atoms with Crippen LogP contribution in [0.3, 0.4) is 0 Å². The molecule has 1 saturated carbocycles. The van der Waals surface area contributed by atoms with E-state index in [1.54, 1.807) is 0 Å². The highest BCUT2D eigenvalue weighted by Gasteiger charge is 2.61. The maximum absolute atomic E-state index is 10.8. The molecule has 1 aliphatic rings. The van der Waals surface area contributed by atoms with Gasteiger partial charge in [0.25, 0.3) is 0 Å². The van der Waals surface area contributed by atoms with Crippen molar-refractivity contribution in [2.75, 3.05) is 0 Å². The second kappa shape index (κ2) is 3.77. The number of rotatable bonds is 2. The number of benzene rings is 1. The zero-order chi connectivity index (χ0) is 11.9. The minimum Gasteiger partial charge on any atom is -0.449 e. The van der Waals surface area contributed by atoms with E-state index < -0.39 is 5.43 Å². The van der Waals surface area contributed by atoms with Crippen molar-refractivity contribution in [1.82, 2.24) is 0 Å². The number of aryl methyl sites for hydroxylation is 1. The van der Waals surface area contributed by atoms with Gasteiger partial charge in [0.15, 0.2) is 0 Å². The lowest BCUT2D eigenvalue weighted by Crippen LogP contribution is -2.03. The molecule has 0 radical (unpaired) electrons. The Kier molecular flexibility index (Phi) is 2.70. The molecule has 1 aromatic rings. The summed E-state index contributed by atoms with van der Waals surface area (Å²) in [6.07, 6.45) is -0.0970. The van der Waals surface area contributed by atoms with Crippen LogP contribution in [0.15, 0.2) is 24.3 Å². The number of carbonyl (C=O) groups excluding carboxylic acids is 1. The van der Waals surface area contributed by atoms with Crippen LogP contribution in [0.1, 0.15) is 30.9 Å². The van der Waals surface area contributed by atoms with Crippen LogP contribution < -0.4 is 0 Å². The lowest BCUT2D eigenvalue weighted by Gasteiger charge is -2.01. The minimum atomic E-state index is -0.715. The van der Waals surface area contributed by atoms with Crippen molar-refractivity contribution in [1.29, 1.82) is 0 Å². The van der Waals surface area contributed by atoms with Gasteiger partial charge in [-0.15, -0.1) is 0 Å². The van der Waals surface area contributed by atoms with Crippen LogP contribution in [0.5, 0.6) is 0 Å². The van der Waals surface area contributed by atoms with Gasteiger partial charge >= 0.3 is 5.43 Å². The number of hydrogen-bond donors (Lipinski definition) is 0. The highest BCUT2D eigenvalue weighted by molar-refractivity contribution is 6.61. The SMILES string of the molecule is Cc1ccc(C2C(OC(=O)Cl)C2(C)C)cc1. The highest BCUT2D eigenvalue weighted by atomic mass is 35.5. The molecule has 1 aromatic carbocycles. The average Bonchev–Trinajstić information content (AvgIpc) is 2.69. The van der Waals surface area contributed by atoms with Gasteiger partial charge in [-0.2, -0.15) is 0 Å². The summed E-state index contributed by atoms with van der Waals surface area (Å²) in [4.78, 5) is 10.8. The van der Waals surface area contributed by atoms with E-state index in [4.69, 9.17) is 16.3 Å². The molecular formula is C13H15ClO2. The van der Waals surface area contributed by atoms with Crippen molar-refractivity contribution in [3.05, 3.63) is 35.4 Å². The number of carbonyl (C=O) groups is 1. The Balaban J connectivity index is 2.17. The molecule has 2 atom stereocenters. The predicted octanol–water partition coefficient (Wildman–Crippen LogP) is 3.86. The third-order valence-electron chi connectivity index (χ3n) is 3.38. The van der Waals surface area contributed by atoms with Gasteiger partial charge in [-0.05, 0) is 12.5 Å². The summed E-state index contributed by atoms with van der Waals surface area (Å²) in [6, 6.07) is 8.32. The molecule has 0 spiro atoms. The van der Waals surface area contributed by atoms with E-state index in [0.717, 1.165) is 0 Å². The molecule has 0 N–H and O–H groups in total. The number of hydrogen-bond acceptors (Lipinski definition) is 2. The molecule has 86 valence electrons. The van der Waals surface area contributed by atoms with Gasteiger partial charge in [0.2, 0.25) is 0 Å². The molecule has 0 bridgehead atoms. The first-order valence-corrected chi connectivity index (χ1v) is 5.73. The normalized spacial score (nSPS) is 26.2. The molecule has 2 unspecified atom stereocenters.